The number of esters is 1. The standard InChI is InChI=1S/C19H22N2O5S2/c1-13-4-6-15(19(23)26-3)12-17(13)28(24,25)21-10-8-20(9-11-21)18(22)16-7-5-14(2)27-16/h4-7,12H,8-11H2,1-3H3. The largest absolute Gasteiger partial charge is 0.465 e. The fourth-order valence-electron chi connectivity index (χ4n) is 3.10. The molecule has 0 aliphatic carbocycles. The summed E-state index contributed by atoms with van der Waals surface area (Å²) in [6.07, 6.45) is 0. The number of amides is 1. The number of hydrogen-bond donors (Lipinski definition) is 0. The van der Waals surface area contributed by atoms with Crippen molar-refractivity contribution >= 4 is 33.2 Å². The van der Waals surface area contributed by atoms with Gasteiger partial charge in [0.25, 0.3) is 5.91 Å². The van der Waals surface area contributed by atoms with Gasteiger partial charge >= 0.3 is 5.97 Å². The van der Waals surface area contributed by atoms with Gasteiger partial charge in [0.2, 0.25) is 10.0 Å². The van der Waals surface area contributed by atoms with Gasteiger partial charge in [-0.25, -0.2) is 13.2 Å². The summed E-state index contributed by atoms with van der Waals surface area (Å²) in [6, 6.07) is 8.18. The van der Waals surface area contributed by atoms with Crippen molar-refractivity contribution in [3.8, 4) is 0 Å². The Balaban J connectivity index is 1.76. The van der Waals surface area contributed by atoms with Crippen molar-refractivity contribution < 1.29 is 22.7 Å². The van der Waals surface area contributed by atoms with Gasteiger partial charge in [0.1, 0.15) is 0 Å². The second-order valence-corrected chi connectivity index (χ2v) is 9.77. The summed E-state index contributed by atoms with van der Waals surface area (Å²) >= 11 is 1.43. The first-order valence-electron chi connectivity index (χ1n) is 8.79. The van der Waals surface area contributed by atoms with Crippen LogP contribution in [0.15, 0.2) is 35.2 Å². The Bertz CT molecular complexity index is 1010. The van der Waals surface area contributed by atoms with Crippen LogP contribution >= 0.6 is 11.3 Å². The number of carbonyl (C=O) groups is 2. The van der Waals surface area contributed by atoms with Crippen LogP contribution in [-0.4, -0.2) is 62.8 Å². The highest BCUT2D eigenvalue weighted by atomic mass is 32.2. The van der Waals surface area contributed by atoms with Crippen LogP contribution < -0.4 is 0 Å². The third-order valence-electron chi connectivity index (χ3n) is 4.70. The van der Waals surface area contributed by atoms with Gasteiger partial charge in [0.05, 0.1) is 22.4 Å². The minimum absolute atomic E-state index is 0.0704. The zero-order chi connectivity index (χ0) is 20.5. The molecule has 0 radical (unpaired) electrons. The Morgan fingerprint density at radius 3 is 2.29 bits per heavy atom. The third-order valence-corrected chi connectivity index (χ3v) is 7.73. The lowest BCUT2D eigenvalue weighted by Gasteiger charge is -2.34. The molecule has 1 aromatic heterocycles. The first-order chi connectivity index (χ1) is 13.2. The molecule has 150 valence electrons. The SMILES string of the molecule is COC(=O)c1ccc(C)c(S(=O)(=O)N2CCN(C(=O)c3ccc(C)s3)CC2)c1. The van der Waals surface area contributed by atoms with Crippen LogP contribution in [0.25, 0.3) is 0 Å². The summed E-state index contributed by atoms with van der Waals surface area (Å²) < 4.78 is 32.2. The second-order valence-electron chi connectivity index (χ2n) is 6.58. The van der Waals surface area contributed by atoms with E-state index in [0.29, 0.717) is 23.5 Å². The molecule has 1 aliphatic heterocycles. The predicted molar refractivity (Wildman–Crippen MR) is 106 cm³/mol. The second kappa shape index (κ2) is 8.02. The lowest BCUT2D eigenvalue weighted by molar-refractivity contribution is 0.0599. The zero-order valence-corrected chi connectivity index (χ0v) is 17.6. The maximum absolute atomic E-state index is 13.1. The van der Waals surface area contributed by atoms with Gasteiger partial charge in [0.15, 0.2) is 0 Å². The molecule has 0 N–H and O–H groups in total. The number of benzene rings is 1. The average molecular weight is 423 g/mol. The van der Waals surface area contributed by atoms with Crippen LogP contribution in [0.2, 0.25) is 0 Å². The molecule has 28 heavy (non-hydrogen) atoms. The van der Waals surface area contributed by atoms with Crippen molar-refractivity contribution in [1.29, 1.82) is 0 Å². The molecule has 7 nitrogen and oxygen atoms in total. The van der Waals surface area contributed by atoms with Gasteiger partial charge in [-0.15, -0.1) is 11.3 Å². The first kappa shape index (κ1) is 20.5. The summed E-state index contributed by atoms with van der Waals surface area (Å²) in [6.45, 7) is 4.69. The Labute approximate surface area is 168 Å². The number of ether oxygens (including phenoxy) is 1. The van der Waals surface area contributed by atoms with E-state index < -0.39 is 16.0 Å². The molecule has 1 aliphatic rings. The lowest BCUT2D eigenvalue weighted by Crippen LogP contribution is -2.50. The molecule has 0 atom stereocenters. The van der Waals surface area contributed by atoms with Crippen molar-refractivity contribution in [3.63, 3.8) is 0 Å². The monoisotopic (exact) mass is 422 g/mol. The van der Waals surface area contributed by atoms with Gasteiger partial charge in [-0.05, 0) is 43.7 Å². The number of aryl methyl sites for hydroxylation is 2. The van der Waals surface area contributed by atoms with Crippen LogP contribution in [0.5, 0.6) is 0 Å². The van der Waals surface area contributed by atoms with E-state index in [0.717, 1.165) is 4.88 Å². The highest BCUT2D eigenvalue weighted by Gasteiger charge is 2.32. The Kier molecular flexibility index (Phi) is 5.87. The van der Waals surface area contributed by atoms with Crippen molar-refractivity contribution in [2.45, 2.75) is 18.7 Å². The molecule has 3 rings (SSSR count). The van der Waals surface area contributed by atoms with Crippen molar-refractivity contribution in [2.24, 2.45) is 0 Å². The topological polar surface area (TPSA) is 84.0 Å². The maximum atomic E-state index is 13.1. The van der Waals surface area contributed by atoms with Crippen molar-refractivity contribution in [1.82, 2.24) is 9.21 Å². The number of methoxy groups -OCH3 is 1. The van der Waals surface area contributed by atoms with Crippen LogP contribution in [-0.2, 0) is 14.8 Å². The number of rotatable bonds is 4. The van der Waals surface area contributed by atoms with Gasteiger partial charge in [-0.2, -0.15) is 4.31 Å². The van der Waals surface area contributed by atoms with E-state index in [2.05, 4.69) is 4.74 Å². The van der Waals surface area contributed by atoms with E-state index in [1.165, 1.54) is 28.8 Å². The van der Waals surface area contributed by atoms with Crippen LogP contribution in [0.3, 0.4) is 0 Å². The summed E-state index contributed by atoms with van der Waals surface area (Å²) in [4.78, 5) is 27.8. The number of sulfonamides is 1. The molecule has 0 spiro atoms. The fraction of sp³-hybridized carbons (Fsp3) is 0.368. The molecule has 9 heteroatoms. The summed E-state index contributed by atoms with van der Waals surface area (Å²) in [5.74, 6) is -0.655. The molecule has 2 heterocycles. The number of nitrogens with zero attached hydrogens (tertiary/aromatic N) is 2. The zero-order valence-electron chi connectivity index (χ0n) is 16.0. The normalized spacial score (nSPS) is 15.5. The molecular formula is C19H22N2O5S2. The molecular weight excluding hydrogens is 400 g/mol. The summed E-state index contributed by atoms with van der Waals surface area (Å²) in [5, 5.41) is 0. The maximum Gasteiger partial charge on any atom is 0.337 e. The first-order valence-corrected chi connectivity index (χ1v) is 11.0. The highest BCUT2D eigenvalue weighted by Crippen LogP contribution is 2.24. The molecule has 2 aromatic rings. The van der Waals surface area contributed by atoms with E-state index in [4.69, 9.17) is 0 Å². The van der Waals surface area contributed by atoms with E-state index in [1.54, 1.807) is 30.0 Å². The predicted octanol–water partition coefficient (Wildman–Crippen LogP) is 2.30. The van der Waals surface area contributed by atoms with E-state index >= 15 is 0 Å². The molecule has 0 unspecified atom stereocenters. The smallest absolute Gasteiger partial charge is 0.337 e. The summed E-state index contributed by atoms with van der Waals surface area (Å²) in [5.41, 5.74) is 0.744. The van der Waals surface area contributed by atoms with Gasteiger partial charge in [-0.1, -0.05) is 6.07 Å². The van der Waals surface area contributed by atoms with E-state index in [1.807, 2.05) is 13.0 Å². The van der Waals surface area contributed by atoms with Gasteiger partial charge in [-0.3, -0.25) is 4.79 Å². The van der Waals surface area contributed by atoms with Crippen molar-refractivity contribution in [3.05, 3.63) is 51.2 Å². The van der Waals surface area contributed by atoms with Crippen molar-refractivity contribution in [2.75, 3.05) is 33.3 Å². The number of piperazine rings is 1. The Morgan fingerprint density at radius 1 is 1.04 bits per heavy atom. The molecule has 1 aromatic carbocycles. The van der Waals surface area contributed by atoms with E-state index in [-0.39, 0.29) is 29.5 Å². The lowest BCUT2D eigenvalue weighted by atomic mass is 10.1. The van der Waals surface area contributed by atoms with Crippen LogP contribution in [0.1, 0.15) is 30.5 Å². The fourth-order valence-corrected chi connectivity index (χ4v) is 5.61. The van der Waals surface area contributed by atoms with Crippen LogP contribution in [0.4, 0.5) is 0 Å². The highest BCUT2D eigenvalue weighted by molar-refractivity contribution is 7.89. The minimum Gasteiger partial charge on any atom is -0.465 e. The Morgan fingerprint density at radius 2 is 1.71 bits per heavy atom. The molecule has 0 saturated carbocycles. The quantitative estimate of drug-likeness (QED) is 0.706. The van der Waals surface area contributed by atoms with Gasteiger partial charge < -0.3 is 9.64 Å². The number of thiophene rings is 1. The molecule has 1 fully saturated rings. The minimum atomic E-state index is -3.78. The van der Waals surface area contributed by atoms with Gasteiger partial charge in [0, 0.05) is 31.1 Å². The number of carbonyl (C=O) groups excluding carboxylic acids is 2. The number of hydrogen-bond acceptors (Lipinski definition) is 6. The third kappa shape index (κ3) is 3.96. The summed E-state index contributed by atoms with van der Waals surface area (Å²) in [7, 11) is -2.52. The Hall–Kier alpha value is -2.23. The molecule has 0 bridgehead atoms. The average Bonchev–Trinajstić information content (AvgIpc) is 3.13. The van der Waals surface area contributed by atoms with E-state index in [9.17, 15) is 18.0 Å². The molecule has 1 amide bonds. The molecule has 1 saturated heterocycles. The van der Waals surface area contributed by atoms with Crippen LogP contribution in [0, 0.1) is 13.8 Å².